The summed E-state index contributed by atoms with van der Waals surface area (Å²) in [6.07, 6.45) is 3.58. The minimum absolute atomic E-state index is 0.652. The van der Waals surface area contributed by atoms with E-state index in [0.29, 0.717) is 12.5 Å². The fourth-order valence-corrected chi connectivity index (χ4v) is 3.25. The normalized spacial score (nSPS) is 16.6. The SMILES string of the molecule is CN=C(NCc1ccc(C)cc1OCCC(C)C)NCC1CCN(C)CC1. The van der Waals surface area contributed by atoms with Crippen LogP contribution in [0.4, 0.5) is 0 Å². The van der Waals surface area contributed by atoms with Gasteiger partial charge < -0.3 is 20.3 Å². The van der Waals surface area contributed by atoms with Crippen molar-refractivity contribution in [2.75, 3.05) is 40.3 Å². The molecule has 0 aliphatic carbocycles. The summed E-state index contributed by atoms with van der Waals surface area (Å²) in [6, 6.07) is 6.42. The van der Waals surface area contributed by atoms with Crippen LogP contribution in [0.5, 0.6) is 5.75 Å². The summed E-state index contributed by atoms with van der Waals surface area (Å²) >= 11 is 0. The third kappa shape index (κ3) is 7.79. The van der Waals surface area contributed by atoms with E-state index >= 15 is 0 Å². The zero-order chi connectivity index (χ0) is 19.6. The number of nitrogens with one attached hydrogen (secondary N) is 2. The third-order valence-electron chi connectivity index (χ3n) is 5.24. The van der Waals surface area contributed by atoms with Gasteiger partial charge in [-0.15, -0.1) is 0 Å². The lowest BCUT2D eigenvalue weighted by atomic mass is 9.97. The molecule has 2 N–H and O–H groups in total. The van der Waals surface area contributed by atoms with E-state index in [1.807, 2.05) is 7.05 Å². The Morgan fingerprint density at radius 1 is 1.26 bits per heavy atom. The minimum atomic E-state index is 0.652. The van der Waals surface area contributed by atoms with Crippen molar-refractivity contribution >= 4 is 5.96 Å². The van der Waals surface area contributed by atoms with E-state index in [0.717, 1.165) is 37.2 Å². The molecule has 5 heteroatoms. The fraction of sp³-hybridized carbons (Fsp3) is 0.682. The molecule has 1 aliphatic heterocycles. The largest absolute Gasteiger partial charge is 0.493 e. The summed E-state index contributed by atoms with van der Waals surface area (Å²) in [5.74, 6) is 3.23. The molecule has 1 saturated heterocycles. The van der Waals surface area contributed by atoms with E-state index < -0.39 is 0 Å². The molecule has 0 unspecified atom stereocenters. The Morgan fingerprint density at radius 2 is 2.00 bits per heavy atom. The molecule has 0 saturated carbocycles. The van der Waals surface area contributed by atoms with Gasteiger partial charge in [0.1, 0.15) is 5.75 Å². The predicted molar refractivity (Wildman–Crippen MR) is 115 cm³/mol. The number of guanidine groups is 1. The van der Waals surface area contributed by atoms with Crippen LogP contribution in [-0.2, 0) is 6.54 Å². The van der Waals surface area contributed by atoms with Crippen molar-refractivity contribution in [3.05, 3.63) is 29.3 Å². The van der Waals surface area contributed by atoms with Crippen LogP contribution in [0.15, 0.2) is 23.2 Å². The molecular weight excluding hydrogens is 336 g/mol. The summed E-state index contributed by atoms with van der Waals surface area (Å²) < 4.78 is 6.06. The first kappa shape index (κ1) is 21.5. The van der Waals surface area contributed by atoms with Crippen molar-refractivity contribution in [3.8, 4) is 5.75 Å². The fourth-order valence-electron chi connectivity index (χ4n) is 3.25. The number of rotatable bonds is 8. The van der Waals surface area contributed by atoms with E-state index in [-0.39, 0.29) is 0 Å². The van der Waals surface area contributed by atoms with Crippen LogP contribution in [0.2, 0.25) is 0 Å². The summed E-state index contributed by atoms with van der Waals surface area (Å²) in [4.78, 5) is 6.78. The van der Waals surface area contributed by atoms with Crippen LogP contribution < -0.4 is 15.4 Å². The number of nitrogens with zero attached hydrogens (tertiary/aromatic N) is 2. The van der Waals surface area contributed by atoms with Gasteiger partial charge in [0.05, 0.1) is 6.61 Å². The monoisotopic (exact) mass is 374 g/mol. The van der Waals surface area contributed by atoms with Crippen LogP contribution in [0, 0.1) is 18.8 Å². The first-order chi connectivity index (χ1) is 13.0. The van der Waals surface area contributed by atoms with Crippen molar-refractivity contribution in [2.24, 2.45) is 16.8 Å². The van der Waals surface area contributed by atoms with Gasteiger partial charge in [-0.05, 0) is 69.8 Å². The van der Waals surface area contributed by atoms with Crippen molar-refractivity contribution in [3.63, 3.8) is 0 Å². The number of hydrogen-bond donors (Lipinski definition) is 2. The molecule has 27 heavy (non-hydrogen) atoms. The van der Waals surface area contributed by atoms with Crippen LogP contribution in [0.25, 0.3) is 0 Å². The van der Waals surface area contributed by atoms with Gasteiger partial charge >= 0.3 is 0 Å². The first-order valence-electron chi connectivity index (χ1n) is 10.3. The van der Waals surface area contributed by atoms with E-state index in [1.54, 1.807) is 0 Å². The first-order valence-corrected chi connectivity index (χ1v) is 10.3. The predicted octanol–water partition coefficient (Wildman–Crippen LogP) is 3.43. The topological polar surface area (TPSA) is 48.9 Å². The van der Waals surface area contributed by atoms with Gasteiger partial charge in [-0.2, -0.15) is 0 Å². The Balaban J connectivity index is 1.84. The number of hydrogen-bond acceptors (Lipinski definition) is 3. The Kier molecular flexibility index (Phi) is 8.92. The summed E-state index contributed by atoms with van der Waals surface area (Å²) in [5, 5.41) is 6.93. The number of aryl methyl sites for hydroxylation is 1. The maximum absolute atomic E-state index is 6.06. The number of piperidine rings is 1. The van der Waals surface area contributed by atoms with Crippen molar-refractivity contribution in [2.45, 2.75) is 46.6 Å². The van der Waals surface area contributed by atoms with E-state index in [2.05, 4.69) is 66.5 Å². The molecule has 0 spiro atoms. The lowest BCUT2D eigenvalue weighted by molar-refractivity contribution is 0.220. The molecule has 0 aromatic heterocycles. The van der Waals surface area contributed by atoms with Gasteiger partial charge in [-0.25, -0.2) is 0 Å². The highest BCUT2D eigenvalue weighted by Crippen LogP contribution is 2.21. The number of benzene rings is 1. The average Bonchev–Trinajstić information content (AvgIpc) is 2.64. The molecular formula is C22H38N4O. The summed E-state index contributed by atoms with van der Waals surface area (Å²) in [7, 11) is 4.03. The molecule has 1 aliphatic rings. The molecule has 5 nitrogen and oxygen atoms in total. The summed E-state index contributed by atoms with van der Waals surface area (Å²) in [6.45, 7) is 11.4. The Labute approximate surface area is 165 Å². The van der Waals surface area contributed by atoms with Gasteiger partial charge in [0.25, 0.3) is 0 Å². The van der Waals surface area contributed by atoms with E-state index in [9.17, 15) is 0 Å². The lowest BCUT2D eigenvalue weighted by Gasteiger charge is -2.29. The van der Waals surface area contributed by atoms with E-state index in [4.69, 9.17) is 4.74 Å². The van der Waals surface area contributed by atoms with E-state index in [1.165, 1.54) is 37.1 Å². The second-order valence-electron chi connectivity index (χ2n) is 8.20. The Hall–Kier alpha value is -1.75. The molecule has 1 fully saturated rings. The Bertz CT molecular complexity index is 592. The molecule has 2 rings (SSSR count). The maximum atomic E-state index is 6.06. The van der Waals surface area contributed by atoms with Gasteiger partial charge in [0.2, 0.25) is 0 Å². The van der Waals surface area contributed by atoms with Crippen LogP contribution >= 0.6 is 0 Å². The van der Waals surface area contributed by atoms with Crippen LogP contribution in [0.1, 0.15) is 44.2 Å². The smallest absolute Gasteiger partial charge is 0.191 e. The molecule has 0 bridgehead atoms. The van der Waals surface area contributed by atoms with Crippen LogP contribution in [0.3, 0.4) is 0 Å². The molecule has 0 atom stereocenters. The summed E-state index contributed by atoms with van der Waals surface area (Å²) in [5.41, 5.74) is 2.40. The second kappa shape index (κ2) is 11.2. The van der Waals surface area contributed by atoms with Gasteiger partial charge in [0, 0.05) is 25.7 Å². The zero-order valence-corrected chi connectivity index (χ0v) is 17.8. The third-order valence-corrected chi connectivity index (χ3v) is 5.24. The number of aliphatic imine (C=N–C) groups is 1. The number of likely N-dealkylation sites (tertiary alicyclic amines) is 1. The molecule has 1 aromatic rings. The molecule has 1 aromatic carbocycles. The number of ether oxygens (including phenoxy) is 1. The Morgan fingerprint density at radius 3 is 2.67 bits per heavy atom. The van der Waals surface area contributed by atoms with Gasteiger partial charge in [-0.1, -0.05) is 26.0 Å². The second-order valence-corrected chi connectivity index (χ2v) is 8.20. The molecule has 152 valence electrons. The zero-order valence-electron chi connectivity index (χ0n) is 17.8. The highest BCUT2D eigenvalue weighted by molar-refractivity contribution is 5.79. The lowest BCUT2D eigenvalue weighted by Crippen LogP contribution is -2.42. The molecule has 0 radical (unpaired) electrons. The quantitative estimate of drug-likeness (QED) is 0.541. The molecule has 1 heterocycles. The highest BCUT2D eigenvalue weighted by atomic mass is 16.5. The van der Waals surface area contributed by atoms with Gasteiger partial charge in [0.15, 0.2) is 5.96 Å². The standard InChI is InChI=1S/C22H38N4O/c1-17(2)10-13-27-21-14-18(3)6-7-20(21)16-25-22(23-4)24-15-19-8-11-26(5)12-9-19/h6-7,14,17,19H,8-13,15-16H2,1-5H3,(H2,23,24,25). The van der Waals surface area contributed by atoms with Crippen LogP contribution in [-0.4, -0.2) is 51.2 Å². The highest BCUT2D eigenvalue weighted by Gasteiger charge is 2.16. The van der Waals surface area contributed by atoms with Crippen molar-refractivity contribution in [1.82, 2.24) is 15.5 Å². The maximum Gasteiger partial charge on any atom is 0.191 e. The van der Waals surface area contributed by atoms with Crippen molar-refractivity contribution in [1.29, 1.82) is 0 Å². The molecule has 0 amide bonds. The van der Waals surface area contributed by atoms with Gasteiger partial charge in [-0.3, -0.25) is 4.99 Å². The minimum Gasteiger partial charge on any atom is -0.493 e. The average molecular weight is 375 g/mol. The van der Waals surface area contributed by atoms with Crippen molar-refractivity contribution < 1.29 is 4.74 Å².